The molecule has 1 amide bonds. The molecule has 4 heteroatoms. The molecule has 0 atom stereocenters. The molecule has 1 aliphatic carbocycles. The Kier molecular flexibility index (Phi) is 2.82. The first kappa shape index (κ1) is 10.2. The number of allylic oxidation sites excluding steroid dienone is 2. The predicted molar refractivity (Wildman–Crippen MR) is 50.1 cm³/mol. The second-order valence-corrected chi connectivity index (χ2v) is 3.13. The Morgan fingerprint density at radius 2 is 2.14 bits per heavy atom. The van der Waals surface area contributed by atoms with Crippen molar-refractivity contribution in [1.29, 1.82) is 5.26 Å². The summed E-state index contributed by atoms with van der Waals surface area (Å²) in [7, 11) is 0. The van der Waals surface area contributed by atoms with E-state index in [2.05, 4.69) is 5.32 Å². The monoisotopic (exact) mass is 190 g/mol. The van der Waals surface area contributed by atoms with Gasteiger partial charge >= 0.3 is 0 Å². The smallest absolute Gasteiger partial charge is 0.217 e. The highest BCUT2D eigenvalue weighted by molar-refractivity contribution is 6.01. The number of nitrogens with one attached hydrogen (secondary N) is 1. The minimum atomic E-state index is -0.811. The Labute approximate surface area is 81.9 Å². The molecule has 14 heavy (non-hydrogen) atoms. The maximum Gasteiger partial charge on any atom is 0.217 e. The highest BCUT2D eigenvalue weighted by Crippen LogP contribution is 2.17. The van der Waals surface area contributed by atoms with Gasteiger partial charge in [-0.2, -0.15) is 5.26 Å². The molecule has 0 unspecified atom stereocenters. The van der Waals surface area contributed by atoms with Crippen molar-refractivity contribution in [1.82, 2.24) is 5.32 Å². The third-order valence-electron chi connectivity index (χ3n) is 1.87. The topological polar surface area (TPSA) is 70.0 Å². The van der Waals surface area contributed by atoms with Crippen molar-refractivity contribution in [2.45, 2.75) is 18.9 Å². The Morgan fingerprint density at radius 1 is 1.57 bits per heavy atom. The van der Waals surface area contributed by atoms with Crippen LogP contribution in [-0.2, 0) is 9.59 Å². The number of hydrogen-bond acceptors (Lipinski definition) is 3. The van der Waals surface area contributed by atoms with E-state index in [1.54, 1.807) is 12.2 Å². The van der Waals surface area contributed by atoms with Crippen LogP contribution in [0.15, 0.2) is 24.3 Å². The lowest BCUT2D eigenvalue weighted by molar-refractivity contribution is -0.120. The third-order valence-corrected chi connectivity index (χ3v) is 1.87. The van der Waals surface area contributed by atoms with Gasteiger partial charge in [-0.3, -0.25) is 9.59 Å². The number of amides is 1. The van der Waals surface area contributed by atoms with Crippen molar-refractivity contribution >= 4 is 11.7 Å². The molecule has 1 aliphatic rings. The maximum atomic E-state index is 10.9. The highest BCUT2D eigenvalue weighted by Gasteiger charge is 2.27. The second kappa shape index (κ2) is 3.88. The Balaban J connectivity index is 2.90. The van der Waals surface area contributed by atoms with Gasteiger partial charge in [0, 0.05) is 6.92 Å². The third kappa shape index (κ3) is 2.30. The molecular weight excluding hydrogens is 180 g/mol. The first-order valence-corrected chi connectivity index (χ1v) is 4.16. The van der Waals surface area contributed by atoms with Gasteiger partial charge in [-0.05, 0) is 12.2 Å². The summed E-state index contributed by atoms with van der Waals surface area (Å²) >= 11 is 0. The van der Waals surface area contributed by atoms with Gasteiger partial charge in [0.1, 0.15) is 0 Å². The molecule has 0 saturated carbocycles. The quantitative estimate of drug-likeness (QED) is 0.688. The summed E-state index contributed by atoms with van der Waals surface area (Å²) in [4.78, 5) is 21.8. The standard InChI is InChI=1S/C10H10N2O2/c1-8(13)12-10(6-7-11)4-2-9(14)3-5-10/h2-5H,6H2,1H3,(H,12,13). The first-order chi connectivity index (χ1) is 6.58. The Morgan fingerprint density at radius 3 is 2.57 bits per heavy atom. The van der Waals surface area contributed by atoms with E-state index < -0.39 is 5.54 Å². The lowest BCUT2D eigenvalue weighted by Gasteiger charge is -2.26. The van der Waals surface area contributed by atoms with E-state index in [0.29, 0.717) is 0 Å². The van der Waals surface area contributed by atoms with Crippen molar-refractivity contribution < 1.29 is 9.59 Å². The fourth-order valence-corrected chi connectivity index (χ4v) is 1.28. The van der Waals surface area contributed by atoms with Crippen molar-refractivity contribution in [3.05, 3.63) is 24.3 Å². The Bertz CT molecular complexity index is 345. The minimum Gasteiger partial charge on any atom is -0.343 e. The van der Waals surface area contributed by atoms with E-state index in [1.807, 2.05) is 6.07 Å². The summed E-state index contributed by atoms with van der Waals surface area (Å²) < 4.78 is 0. The van der Waals surface area contributed by atoms with E-state index in [0.717, 1.165) is 0 Å². The number of carbonyl (C=O) groups is 2. The first-order valence-electron chi connectivity index (χ1n) is 4.16. The molecule has 0 fully saturated rings. The van der Waals surface area contributed by atoms with Crippen LogP contribution in [0.25, 0.3) is 0 Å². The van der Waals surface area contributed by atoms with Gasteiger partial charge in [-0.15, -0.1) is 0 Å². The average Bonchev–Trinajstić information content (AvgIpc) is 2.10. The van der Waals surface area contributed by atoms with Crippen molar-refractivity contribution in [3.8, 4) is 6.07 Å². The van der Waals surface area contributed by atoms with Gasteiger partial charge in [-0.25, -0.2) is 0 Å². The summed E-state index contributed by atoms with van der Waals surface area (Å²) in [6.45, 7) is 1.37. The molecule has 1 rings (SSSR count). The number of nitrogens with zero attached hydrogens (tertiary/aromatic N) is 1. The average molecular weight is 190 g/mol. The molecule has 0 aromatic heterocycles. The summed E-state index contributed by atoms with van der Waals surface area (Å²) in [5, 5.41) is 11.2. The van der Waals surface area contributed by atoms with Crippen LogP contribution in [0.5, 0.6) is 0 Å². The van der Waals surface area contributed by atoms with Crippen LogP contribution in [0.2, 0.25) is 0 Å². The Hall–Kier alpha value is -1.89. The van der Waals surface area contributed by atoms with Crippen LogP contribution in [0, 0.1) is 11.3 Å². The zero-order valence-electron chi connectivity index (χ0n) is 7.78. The van der Waals surface area contributed by atoms with Gasteiger partial charge in [-0.1, -0.05) is 12.2 Å². The SMILES string of the molecule is CC(=O)NC1(CC#N)C=CC(=O)C=C1. The largest absolute Gasteiger partial charge is 0.343 e. The molecule has 0 saturated heterocycles. The summed E-state index contributed by atoms with van der Waals surface area (Å²) in [5.74, 6) is -0.368. The van der Waals surface area contributed by atoms with E-state index in [9.17, 15) is 9.59 Å². The molecular formula is C10H10N2O2. The molecule has 4 nitrogen and oxygen atoms in total. The van der Waals surface area contributed by atoms with Crippen molar-refractivity contribution in [2.24, 2.45) is 0 Å². The fourth-order valence-electron chi connectivity index (χ4n) is 1.28. The van der Waals surface area contributed by atoms with E-state index in [1.165, 1.54) is 19.1 Å². The van der Waals surface area contributed by atoms with Gasteiger partial charge in [0.15, 0.2) is 5.78 Å². The van der Waals surface area contributed by atoms with E-state index >= 15 is 0 Å². The minimum absolute atomic E-state index is 0.118. The normalized spacial score (nSPS) is 17.6. The van der Waals surface area contributed by atoms with Crippen LogP contribution in [0.1, 0.15) is 13.3 Å². The highest BCUT2D eigenvalue weighted by atomic mass is 16.1. The molecule has 0 aliphatic heterocycles. The fraction of sp³-hybridized carbons (Fsp3) is 0.300. The molecule has 0 spiro atoms. The lowest BCUT2D eigenvalue weighted by Crippen LogP contribution is -2.45. The molecule has 0 aromatic carbocycles. The van der Waals surface area contributed by atoms with Gasteiger partial charge < -0.3 is 5.32 Å². The second-order valence-electron chi connectivity index (χ2n) is 3.13. The van der Waals surface area contributed by atoms with Gasteiger partial charge in [0.25, 0.3) is 0 Å². The van der Waals surface area contributed by atoms with Crippen molar-refractivity contribution in [3.63, 3.8) is 0 Å². The van der Waals surface area contributed by atoms with Crippen LogP contribution >= 0.6 is 0 Å². The predicted octanol–water partition coefficient (Wildman–Crippen LogP) is 0.470. The lowest BCUT2D eigenvalue weighted by atomic mass is 9.90. The van der Waals surface area contributed by atoms with Crippen LogP contribution in [0.4, 0.5) is 0 Å². The summed E-state index contributed by atoms with van der Waals surface area (Å²) in [5.41, 5.74) is -0.811. The summed E-state index contributed by atoms with van der Waals surface area (Å²) in [6, 6.07) is 1.97. The van der Waals surface area contributed by atoms with E-state index in [-0.39, 0.29) is 18.1 Å². The van der Waals surface area contributed by atoms with Gasteiger partial charge in [0.2, 0.25) is 5.91 Å². The molecule has 1 N–H and O–H groups in total. The van der Waals surface area contributed by atoms with Crippen LogP contribution in [0.3, 0.4) is 0 Å². The van der Waals surface area contributed by atoms with Crippen molar-refractivity contribution in [2.75, 3.05) is 0 Å². The molecule has 72 valence electrons. The van der Waals surface area contributed by atoms with Gasteiger partial charge in [0.05, 0.1) is 18.0 Å². The number of hydrogen-bond donors (Lipinski definition) is 1. The number of rotatable bonds is 2. The molecule has 0 radical (unpaired) electrons. The zero-order chi connectivity index (χ0) is 10.6. The maximum absolute atomic E-state index is 10.9. The molecule has 0 aromatic rings. The molecule has 0 heterocycles. The number of ketones is 1. The van der Waals surface area contributed by atoms with Crippen LogP contribution in [-0.4, -0.2) is 17.2 Å². The molecule has 0 bridgehead atoms. The number of nitriles is 1. The zero-order valence-corrected chi connectivity index (χ0v) is 7.78. The van der Waals surface area contributed by atoms with E-state index in [4.69, 9.17) is 5.26 Å². The van der Waals surface area contributed by atoms with Crippen LogP contribution < -0.4 is 5.32 Å². The number of carbonyl (C=O) groups excluding carboxylic acids is 2. The summed E-state index contributed by atoms with van der Waals surface area (Å²) in [6.07, 6.45) is 5.91.